The number of aromatic nitrogens is 1. The Morgan fingerprint density at radius 3 is 2.79 bits per heavy atom. The molecule has 1 heterocycles. The monoisotopic (exact) mass is 319 g/mol. The lowest BCUT2D eigenvalue weighted by Gasteiger charge is -2.13. The van der Waals surface area contributed by atoms with E-state index in [0.29, 0.717) is 15.7 Å². The minimum absolute atomic E-state index is 0.148. The van der Waals surface area contributed by atoms with Crippen molar-refractivity contribution in [2.45, 2.75) is 13.0 Å². The SMILES string of the molecule is C[C@@H](NC(=O)c1ccc(N)c(Br)c1)c1ccccn1. The molecule has 4 nitrogen and oxygen atoms in total. The number of halogens is 1. The first-order valence-corrected chi connectivity index (χ1v) is 6.64. The lowest BCUT2D eigenvalue weighted by atomic mass is 10.1. The molecule has 0 aliphatic heterocycles. The fourth-order valence-corrected chi connectivity index (χ4v) is 2.03. The first-order chi connectivity index (χ1) is 9.08. The second-order valence-electron chi connectivity index (χ2n) is 4.19. The van der Waals surface area contributed by atoms with Crippen LogP contribution in [0.4, 0.5) is 5.69 Å². The molecule has 0 saturated heterocycles. The van der Waals surface area contributed by atoms with Crippen LogP contribution in [0.3, 0.4) is 0 Å². The highest BCUT2D eigenvalue weighted by molar-refractivity contribution is 9.10. The van der Waals surface area contributed by atoms with Crippen LogP contribution in [0.2, 0.25) is 0 Å². The quantitative estimate of drug-likeness (QED) is 0.855. The number of hydrogen-bond donors (Lipinski definition) is 2. The Bertz CT molecular complexity index is 586. The van der Waals surface area contributed by atoms with E-state index in [-0.39, 0.29) is 11.9 Å². The topological polar surface area (TPSA) is 68.0 Å². The van der Waals surface area contributed by atoms with Gasteiger partial charge in [-0.2, -0.15) is 0 Å². The molecule has 0 aliphatic rings. The maximum Gasteiger partial charge on any atom is 0.251 e. The van der Waals surface area contributed by atoms with Crippen LogP contribution in [-0.2, 0) is 0 Å². The van der Waals surface area contributed by atoms with E-state index in [9.17, 15) is 4.79 Å². The Labute approximate surface area is 120 Å². The van der Waals surface area contributed by atoms with Crippen molar-refractivity contribution < 1.29 is 4.79 Å². The van der Waals surface area contributed by atoms with Crippen LogP contribution >= 0.6 is 15.9 Å². The van der Waals surface area contributed by atoms with Crippen LogP contribution in [0, 0.1) is 0 Å². The number of nitrogens with zero attached hydrogens (tertiary/aromatic N) is 1. The highest BCUT2D eigenvalue weighted by Crippen LogP contribution is 2.20. The molecule has 0 saturated carbocycles. The molecule has 2 aromatic rings. The molecule has 19 heavy (non-hydrogen) atoms. The molecule has 0 unspecified atom stereocenters. The molecule has 0 spiro atoms. The molecule has 0 radical (unpaired) electrons. The second-order valence-corrected chi connectivity index (χ2v) is 5.04. The van der Waals surface area contributed by atoms with Gasteiger partial charge in [-0.3, -0.25) is 9.78 Å². The molecule has 0 bridgehead atoms. The van der Waals surface area contributed by atoms with E-state index in [1.165, 1.54) is 0 Å². The van der Waals surface area contributed by atoms with Crippen molar-refractivity contribution in [2.24, 2.45) is 0 Å². The molecule has 98 valence electrons. The number of nitrogens with two attached hydrogens (primary N) is 1. The van der Waals surface area contributed by atoms with Crippen molar-refractivity contribution in [3.8, 4) is 0 Å². The average molecular weight is 320 g/mol. The Morgan fingerprint density at radius 2 is 2.16 bits per heavy atom. The molecule has 1 aromatic carbocycles. The van der Waals surface area contributed by atoms with Crippen LogP contribution in [0.15, 0.2) is 47.1 Å². The highest BCUT2D eigenvalue weighted by atomic mass is 79.9. The molecule has 2 rings (SSSR count). The number of benzene rings is 1. The van der Waals surface area contributed by atoms with Crippen molar-refractivity contribution in [3.05, 3.63) is 58.3 Å². The number of pyridine rings is 1. The number of carbonyl (C=O) groups is 1. The molecule has 0 aliphatic carbocycles. The molecule has 1 aromatic heterocycles. The number of rotatable bonds is 3. The van der Waals surface area contributed by atoms with E-state index in [4.69, 9.17) is 5.73 Å². The summed E-state index contributed by atoms with van der Waals surface area (Å²) in [4.78, 5) is 16.3. The zero-order valence-corrected chi connectivity index (χ0v) is 12.0. The highest BCUT2D eigenvalue weighted by Gasteiger charge is 2.12. The summed E-state index contributed by atoms with van der Waals surface area (Å²) >= 11 is 3.31. The van der Waals surface area contributed by atoms with Gasteiger partial charge in [0, 0.05) is 21.9 Å². The van der Waals surface area contributed by atoms with Gasteiger partial charge in [0.25, 0.3) is 5.91 Å². The fourth-order valence-electron chi connectivity index (χ4n) is 1.65. The largest absolute Gasteiger partial charge is 0.398 e. The van der Waals surface area contributed by atoms with E-state index in [1.54, 1.807) is 24.4 Å². The molecule has 1 amide bonds. The lowest BCUT2D eigenvalue weighted by molar-refractivity contribution is 0.0939. The van der Waals surface area contributed by atoms with Gasteiger partial charge in [0.2, 0.25) is 0 Å². The van der Waals surface area contributed by atoms with E-state index in [2.05, 4.69) is 26.2 Å². The van der Waals surface area contributed by atoms with Gasteiger partial charge in [0.1, 0.15) is 0 Å². The summed E-state index contributed by atoms with van der Waals surface area (Å²) in [6.07, 6.45) is 1.71. The Hall–Kier alpha value is -1.88. The summed E-state index contributed by atoms with van der Waals surface area (Å²) in [5.41, 5.74) is 7.68. The van der Waals surface area contributed by atoms with E-state index >= 15 is 0 Å². The lowest BCUT2D eigenvalue weighted by Crippen LogP contribution is -2.27. The summed E-state index contributed by atoms with van der Waals surface area (Å²) in [5.74, 6) is -0.154. The van der Waals surface area contributed by atoms with Gasteiger partial charge in [-0.15, -0.1) is 0 Å². The van der Waals surface area contributed by atoms with Crippen molar-refractivity contribution in [1.82, 2.24) is 10.3 Å². The van der Waals surface area contributed by atoms with Gasteiger partial charge >= 0.3 is 0 Å². The Morgan fingerprint density at radius 1 is 1.37 bits per heavy atom. The maximum atomic E-state index is 12.1. The summed E-state index contributed by atoms with van der Waals surface area (Å²) in [6, 6.07) is 10.6. The molecule has 3 N–H and O–H groups in total. The van der Waals surface area contributed by atoms with Crippen LogP contribution in [0.5, 0.6) is 0 Å². The second kappa shape index (κ2) is 5.84. The molecular weight excluding hydrogens is 306 g/mol. The van der Waals surface area contributed by atoms with Crippen LogP contribution < -0.4 is 11.1 Å². The maximum absolute atomic E-state index is 12.1. The number of hydrogen-bond acceptors (Lipinski definition) is 3. The van der Waals surface area contributed by atoms with Crippen LogP contribution in [-0.4, -0.2) is 10.9 Å². The van der Waals surface area contributed by atoms with Gasteiger partial charge in [-0.05, 0) is 53.2 Å². The normalized spacial score (nSPS) is 11.9. The van der Waals surface area contributed by atoms with Crippen molar-refractivity contribution >= 4 is 27.5 Å². The van der Waals surface area contributed by atoms with E-state index < -0.39 is 0 Å². The molecule has 0 fully saturated rings. The van der Waals surface area contributed by atoms with E-state index in [0.717, 1.165) is 5.69 Å². The Balaban J connectivity index is 2.11. The summed E-state index contributed by atoms with van der Waals surface area (Å²) in [7, 11) is 0. The van der Waals surface area contributed by atoms with Gasteiger partial charge < -0.3 is 11.1 Å². The third kappa shape index (κ3) is 3.32. The summed E-state index contributed by atoms with van der Waals surface area (Å²) < 4.78 is 0.714. The Kier molecular flexibility index (Phi) is 4.16. The first kappa shape index (κ1) is 13.5. The van der Waals surface area contributed by atoms with Crippen molar-refractivity contribution in [2.75, 3.05) is 5.73 Å². The van der Waals surface area contributed by atoms with Crippen LogP contribution in [0.1, 0.15) is 29.0 Å². The number of nitrogen functional groups attached to an aromatic ring is 1. The van der Waals surface area contributed by atoms with Crippen molar-refractivity contribution in [1.29, 1.82) is 0 Å². The number of nitrogens with one attached hydrogen (secondary N) is 1. The zero-order chi connectivity index (χ0) is 13.8. The number of carbonyl (C=O) groups excluding carboxylic acids is 1. The number of amides is 1. The third-order valence-corrected chi connectivity index (χ3v) is 3.43. The van der Waals surface area contributed by atoms with E-state index in [1.807, 2.05) is 25.1 Å². The summed E-state index contributed by atoms with van der Waals surface area (Å²) in [6.45, 7) is 1.90. The molecular formula is C14H14BrN3O. The van der Waals surface area contributed by atoms with Gasteiger partial charge in [-0.1, -0.05) is 6.07 Å². The predicted octanol–water partition coefficient (Wildman–Crippen LogP) is 2.92. The smallest absolute Gasteiger partial charge is 0.251 e. The van der Waals surface area contributed by atoms with Crippen LogP contribution in [0.25, 0.3) is 0 Å². The van der Waals surface area contributed by atoms with Crippen molar-refractivity contribution in [3.63, 3.8) is 0 Å². The third-order valence-electron chi connectivity index (χ3n) is 2.74. The average Bonchev–Trinajstić information content (AvgIpc) is 2.42. The molecule has 1 atom stereocenters. The predicted molar refractivity (Wildman–Crippen MR) is 78.7 cm³/mol. The minimum Gasteiger partial charge on any atom is -0.398 e. The van der Waals surface area contributed by atoms with Gasteiger partial charge in [0.05, 0.1) is 11.7 Å². The standard InChI is InChI=1S/C14H14BrN3O/c1-9(13-4-2-3-7-17-13)18-14(19)10-5-6-12(16)11(15)8-10/h2-9H,16H2,1H3,(H,18,19)/t9-/m1/s1. The minimum atomic E-state index is -0.154. The summed E-state index contributed by atoms with van der Waals surface area (Å²) in [5, 5.41) is 2.90. The zero-order valence-electron chi connectivity index (χ0n) is 10.4. The fraction of sp³-hybridized carbons (Fsp3) is 0.143. The van der Waals surface area contributed by atoms with Gasteiger partial charge in [0.15, 0.2) is 0 Å². The first-order valence-electron chi connectivity index (χ1n) is 5.84. The number of anilines is 1. The molecule has 5 heteroatoms. The van der Waals surface area contributed by atoms with Gasteiger partial charge in [-0.25, -0.2) is 0 Å².